The minimum atomic E-state index is -0.433. The monoisotopic (exact) mass is 433 g/mol. The van der Waals surface area contributed by atoms with Crippen LogP contribution in [0, 0.1) is 0 Å². The van der Waals surface area contributed by atoms with Crippen molar-refractivity contribution in [3.63, 3.8) is 0 Å². The first-order valence-corrected chi connectivity index (χ1v) is 8.83. The summed E-state index contributed by atoms with van der Waals surface area (Å²) in [4.78, 5) is 24.4. The quantitative estimate of drug-likeness (QED) is 0.515. The van der Waals surface area contributed by atoms with Gasteiger partial charge in [0.2, 0.25) is 5.91 Å². The number of hydrazone groups is 1. The van der Waals surface area contributed by atoms with Gasteiger partial charge in [-0.25, -0.2) is 5.43 Å². The molecule has 0 spiro atoms. The smallest absolute Gasteiger partial charge is 0.271 e. The van der Waals surface area contributed by atoms with Crippen LogP contribution in [0.5, 0.6) is 11.5 Å². The van der Waals surface area contributed by atoms with Crippen LogP contribution in [0.3, 0.4) is 0 Å². The number of para-hydroxylation sites is 1. The Kier molecular flexibility index (Phi) is 7.36. The fourth-order valence-corrected chi connectivity index (χ4v) is 2.56. The summed E-state index contributed by atoms with van der Waals surface area (Å²) in [6, 6.07) is 12.1. The topological polar surface area (TPSA) is 89.0 Å². The van der Waals surface area contributed by atoms with Gasteiger partial charge >= 0.3 is 0 Å². The summed E-state index contributed by atoms with van der Waals surface area (Å²) < 4.78 is 11.1. The first-order valence-electron chi connectivity index (χ1n) is 8.04. The van der Waals surface area contributed by atoms with Gasteiger partial charge in [-0.3, -0.25) is 9.59 Å². The summed E-state index contributed by atoms with van der Waals surface area (Å²) in [6.45, 7) is 1.66. The molecule has 0 aromatic heterocycles. The first-order chi connectivity index (χ1) is 12.9. The van der Waals surface area contributed by atoms with E-state index in [-0.39, 0.29) is 12.3 Å². The summed E-state index contributed by atoms with van der Waals surface area (Å²) in [6.07, 6.45) is 0.0447. The van der Waals surface area contributed by atoms with Crippen LogP contribution < -0.4 is 20.2 Å². The Hall–Kier alpha value is -2.87. The van der Waals surface area contributed by atoms with E-state index in [2.05, 4.69) is 31.8 Å². The molecule has 7 nitrogen and oxygen atoms in total. The number of anilines is 1. The third kappa shape index (κ3) is 6.10. The van der Waals surface area contributed by atoms with E-state index >= 15 is 0 Å². The zero-order valence-electron chi connectivity index (χ0n) is 15.2. The Morgan fingerprint density at radius 1 is 1.07 bits per heavy atom. The third-order valence-corrected chi connectivity index (χ3v) is 4.22. The van der Waals surface area contributed by atoms with Gasteiger partial charge in [0.25, 0.3) is 5.91 Å². The number of hydrogen-bond donors (Lipinski definition) is 2. The Balaban J connectivity index is 1.97. The Bertz CT molecular complexity index is 846. The van der Waals surface area contributed by atoms with Gasteiger partial charge < -0.3 is 14.8 Å². The summed E-state index contributed by atoms with van der Waals surface area (Å²) in [5, 5.41) is 6.76. The highest BCUT2D eigenvalue weighted by atomic mass is 79.9. The molecule has 0 heterocycles. The van der Waals surface area contributed by atoms with E-state index < -0.39 is 5.91 Å². The molecule has 0 saturated carbocycles. The van der Waals surface area contributed by atoms with Gasteiger partial charge in [-0.2, -0.15) is 5.10 Å². The molecule has 142 valence electrons. The molecule has 0 aliphatic heterocycles. The molecule has 2 N–H and O–H groups in total. The van der Waals surface area contributed by atoms with Crippen molar-refractivity contribution in [1.82, 2.24) is 5.43 Å². The van der Waals surface area contributed by atoms with Crippen LogP contribution in [-0.2, 0) is 4.79 Å². The molecule has 0 atom stereocenters. The highest BCUT2D eigenvalue weighted by Crippen LogP contribution is 2.22. The number of nitrogens with zero attached hydrogens (tertiary/aromatic N) is 1. The number of benzene rings is 2. The predicted octanol–water partition coefficient (Wildman–Crippen LogP) is 3.60. The second-order valence-electron chi connectivity index (χ2n) is 5.59. The number of rotatable bonds is 7. The zero-order valence-corrected chi connectivity index (χ0v) is 16.8. The van der Waals surface area contributed by atoms with Crippen molar-refractivity contribution in [3.8, 4) is 11.5 Å². The van der Waals surface area contributed by atoms with Gasteiger partial charge in [0, 0.05) is 21.8 Å². The van der Waals surface area contributed by atoms with Crippen molar-refractivity contribution >= 4 is 39.1 Å². The van der Waals surface area contributed by atoms with Crippen LogP contribution in [-0.4, -0.2) is 31.7 Å². The standard InChI is InChI=1S/C19H20BrN3O4/c1-12(8-18(24)21-17-7-5-4-6-16(17)20)22-23-19(25)13-9-14(26-2)11-15(10-13)27-3/h4-7,9-11H,8H2,1-3H3,(H,21,24)(H,23,25)/b22-12-. The molecule has 27 heavy (non-hydrogen) atoms. The van der Waals surface area contributed by atoms with E-state index in [1.165, 1.54) is 14.2 Å². The van der Waals surface area contributed by atoms with Gasteiger partial charge in [0.05, 0.1) is 26.3 Å². The minimum Gasteiger partial charge on any atom is -0.497 e. The number of carbonyl (C=O) groups is 2. The molecule has 2 amide bonds. The number of methoxy groups -OCH3 is 2. The molecule has 8 heteroatoms. The van der Waals surface area contributed by atoms with Gasteiger partial charge in [-0.15, -0.1) is 0 Å². The molecule has 0 unspecified atom stereocenters. The Morgan fingerprint density at radius 3 is 2.30 bits per heavy atom. The number of amides is 2. The highest BCUT2D eigenvalue weighted by molar-refractivity contribution is 9.10. The lowest BCUT2D eigenvalue weighted by atomic mass is 10.2. The van der Waals surface area contributed by atoms with E-state index in [1.807, 2.05) is 18.2 Å². The van der Waals surface area contributed by atoms with Crippen molar-refractivity contribution in [2.75, 3.05) is 19.5 Å². The van der Waals surface area contributed by atoms with Crippen molar-refractivity contribution in [3.05, 3.63) is 52.5 Å². The summed E-state index contributed by atoms with van der Waals surface area (Å²) >= 11 is 3.37. The van der Waals surface area contributed by atoms with Crippen LogP contribution in [0.25, 0.3) is 0 Å². The molecule has 0 fully saturated rings. The Morgan fingerprint density at radius 2 is 1.70 bits per heavy atom. The van der Waals surface area contributed by atoms with Gasteiger partial charge in [-0.1, -0.05) is 12.1 Å². The second-order valence-corrected chi connectivity index (χ2v) is 6.45. The molecule has 2 rings (SSSR count). The van der Waals surface area contributed by atoms with E-state index in [4.69, 9.17) is 9.47 Å². The first kappa shape index (κ1) is 20.4. The van der Waals surface area contributed by atoms with Crippen LogP contribution in [0.1, 0.15) is 23.7 Å². The molecule has 0 aliphatic rings. The summed E-state index contributed by atoms with van der Waals surface area (Å²) in [5.41, 5.74) is 3.89. The Labute approximate surface area is 165 Å². The van der Waals surface area contributed by atoms with Crippen LogP contribution >= 0.6 is 15.9 Å². The van der Waals surface area contributed by atoms with E-state index in [0.29, 0.717) is 28.5 Å². The van der Waals surface area contributed by atoms with Gasteiger partial charge in [-0.05, 0) is 47.1 Å². The zero-order chi connectivity index (χ0) is 19.8. The summed E-state index contributed by atoms with van der Waals surface area (Å²) in [5.74, 6) is 0.319. The van der Waals surface area contributed by atoms with Crippen molar-refractivity contribution < 1.29 is 19.1 Å². The third-order valence-electron chi connectivity index (χ3n) is 3.53. The lowest BCUT2D eigenvalue weighted by Crippen LogP contribution is -2.21. The van der Waals surface area contributed by atoms with Crippen LogP contribution in [0.15, 0.2) is 52.0 Å². The number of halogens is 1. The maximum absolute atomic E-state index is 12.3. The van der Waals surface area contributed by atoms with E-state index in [9.17, 15) is 9.59 Å². The normalized spacial score (nSPS) is 10.9. The maximum Gasteiger partial charge on any atom is 0.271 e. The second kappa shape index (κ2) is 9.72. The van der Waals surface area contributed by atoms with E-state index in [0.717, 1.165) is 4.47 Å². The number of ether oxygens (including phenoxy) is 2. The number of carbonyl (C=O) groups excluding carboxylic acids is 2. The fraction of sp³-hybridized carbons (Fsp3) is 0.211. The lowest BCUT2D eigenvalue weighted by molar-refractivity contribution is -0.115. The van der Waals surface area contributed by atoms with Crippen molar-refractivity contribution in [2.45, 2.75) is 13.3 Å². The molecule has 2 aromatic carbocycles. The average molecular weight is 434 g/mol. The average Bonchev–Trinajstić information content (AvgIpc) is 2.67. The minimum absolute atomic E-state index is 0.0447. The lowest BCUT2D eigenvalue weighted by Gasteiger charge is -2.08. The summed E-state index contributed by atoms with van der Waals surface area (Å²) in [7, 11) is 3.00. The molecular weight excluding hydrogens is 414 g/mol. The largest absolute Gasteiger partial charge is 0.497 e. The van der Waals surface area contributed by atoms with Gasteiger partial charge in [0.15, 0.2) is 0 Å². The fourth-order valence-electron chi connectivity index (χ4n) is 2.18. The predicted molar refractivity (Wildman–Crippen MR) is 108 cm³/mol. The molecule has 0 aliphatic carbocycles. The van der Waals surface area contributed by atoms with Crippen LogP contribution in [0.2, 0.25) is 0 Å². The molecule has 0 bridgehead atoms. The number of nitrogens with one attached hydrogen (secondary N) is 2. The van der Waals surface area contributed by atoms with Gasteiger partial charge in [0.1, 0.15) is 11.5 Å². The van der Waals surface area contributed by atoms with Crippen molar-refractivity contribution in [1.29, 1.82) is 0 Å². The molecule has 0 saturated heterocycles. The number of hydrogen-bond acceptors (Lipinski definition) is 5. The highest BCUT2D eigenvalue weighted by Gasteiger charge is 2.11. The SMILES string of the molecule is COc1cc(OC)cc(C(=O)N/N=C(/C)CC(=O)Nc2ccccc2Br)c1. The van der Waals surface area contributed by atoms with Crippen molar-refractivity contribution in [2.24, 2.45) is 5.10 Å². The van der Waals surface area contributed by atoms with Crippen LogP contribution in [0.4, 0.5) is 5.69 Å². The van der Waals surface area contributed by atoms with E-state index in [1.54, 1.807) is 31.2 Å². The molecule has 2 aromatic rings. The molecular formula is C19H20BrN3O4. The molecule has 0 radical (unpaired) electrons. The maximum atomic E-state index is 12.3.